The van der Waals surface area contributed by atoms with Crippen LogP contribution in [0, 0.1) is 0 Å². The van der Waals surface area contributed by atoms with Gasteiger partial charge < -0.3 is 10.1 Å². The van der Waals surface area contributed by atoms with Gasteiger partial charge in [-0.15, -0.1) is 0 Å². The van der Waals surface area contributed by atoms with Gasteiger partial charge in [-0.1, -0.05) is 37.5 Å². The van der Waals surface area contributed by atoms with Gasteiger partial charge in [0, 0.05) is 6.04 Å². The molecule has 1 saturated carbocycles. The molecule has 0 atom stereocenters. The maximum absolute atomic E-state index is 11.6. The predicted octanol–water partition coefficient (Wildman–Crippen LogP) is 2.89. The van der Waals surface area contributed by atoms with Gasteiger partial charge in [-0.25, -0.2) is 9.59 Å². The largest absolute Gasteiger partial charge is 0.415 e. The molecule has 0 aliphatic heterocycles. The van der Waals surface area contributed by atoms with Gasteiger partial charge in [0.2, 0.25) is 0 Å². The molecule has 1 aromatic rings. The Morgan fingerprint density at radius 1 is 1.06 bits per heavy atom. The fraction of sp³-hybridized carbons (Fsp3) is 0.429. The van der Waals surface area contributed by atoms with Gasteiger partial charge in [0.25, 0.3) is 0 Å². The topological polar surface area (TPSA) is 55.4 Å². The predicted molar refractivity (Wildman–Crippen MR) is 67.3 cm³/mol. The number of hydrogen-bond donors (Lipinski definition) is 1. The van der Waals surface area contributed by atoms with Crippen molar-refractivity contribution in [2.24, 2.45) is 0 Å². The first kappa shape index (κ1) is 12.6. The fourth-order valence-electron chi connectivity index (χ4n) is 2.16. The van der Waals surface area contributed by atoms with E-state index in [1.54, 1.807) is 30.3 Å². The molecule has 4 nitrogen and oxygen atoms in total. The van der Waals surface area contributed by atoms with E-state index in [-0.39, 0.29) is 6.04 Å². The number of rotatable bonds is 2. The SMILES string of the molecule is O=C(NC1CCCCC1)OC(=O)c1ccccc1. The first-order valence-electron chi connectivity index (χ1n) is 6.33. The molecule has 1 aromatic carbocycles. The summed E-state index contributed by atoms with van der Waals surface area (Å²) >= 11 is 0. The minimum Gasteiger partial charge on any atom is -0.373 e. The van der Waals surface area contributed by atoms with E-state index in [2.05, 4.69) is 5.32 Å². The number of benzene rings is 1. The lowest BCUT2D eigenvalue weighted by molar-refractivity contribution is 0.0614. The highest BCUT2D eigenvalue weighted by Gasteiger charge is 2.18. The van der Waals surface area contributed by atoms with Gasteiger partial charge in [0.1, 0.15) is 0 Å². The molecule has 18 heavy (non-hydrogen) atoms. The summed E-state index contributed by atoms with van der Waals surface area (Å²) in [6.07, 6.45) is 4.75. The first-order chi connectivity index (χ1) is 8.75. The quantitative estimate of drug-likeness (QED) is 0.645. The molecule has 0 aromatic heterocycles. The van der Waals surface area contributed by atoms with Crippen LogP contribution in [0.25, 0.3) is 0 Å². The molecule has 0 saturated heterocycles. The Kier molecular flexibility index (Phi) is 4.34. The second-order valence-corrected chi connectivity index (χ2v) is 4.52. The van der Waals surface area contributed by atoms with E-state index >= 15 is 0 Å². The van der Waals surface area contributed by atoms with Crippen LogP contribution in [-0.2, 0) is 4.74 Å². The monoisotopic (exact) mass is 247 g/mol. The van der Waals surface area contributed by atoms with Crippen molar-refractivity contribution >= 4 is 12.1 Å². The lowest BCUT2D eigenvalue weighted by Gasteiger charge is -2.21. The van der Waals surface area contributed by atoms with Crippen LogP contribution in [0.4, 0.5) is 4.79 Å². The van der Waals surface area contributed by atoms with Crippen LogP contribution in [-0.4, -0.2) is 18.1 Å². The molecule has 1 amide bonds. The van der Waals surface area contributed by atoms with Crippen LogP contribution in [0.15, 0.2) is 30.3 Å². The zero-order valence-electron chi connectivity index (χ0n) is 10.2. The van der Waals surface area contributed by atoms with E-state index in [1.165, 1.54) is 6.42 Å². The smallest absolute Gasteiger partial charge is 0.373 e. The summed E-state index contributed by atoms with van der Waals surface area (Å²) < 4.78 is 4.75. The number of nitrogens with one attached hydrogen (secondary N) is 1. The van der Waals surface area contributed by atoms with Crippen LogP contribution in [0.3, 0.4) is 0 Å². The Labute approximate surface area is 106 Å². The molecule has 1 N–H and O–H groups in total. The van der Waals surface area contributed by atoms with Gasteiger partial charge in [0.15, 0.2) is 0 Å². The zero-order valence-corrected chi connectivity index (χ0v) is 10.2. The van der Waals surface area contributed by atoms with Gasteiger partial charge in [-0.05, 0) is 25.0 Å². The molecular weight excluding hydrogens is 230 g/mol. The summed E-state index contributed by atoms with van der Waals surface area (Å²) in [5.74, 6) is -0.607. The van der Waals surface area contributed by atoms with Crippen molar-refractivity contribution in [3.63, 3.8) is 0 Å². The Morgan fingerprint density at radius 3 is 2.39 bits per heavy atom. The highest BCUT2D eigenvalue weighted by molar-refractivity contribution is 5.96. The fourth-order valence-corrected chi connectivity index (χ4v) is 2.16. The minimum atomic E-state index is -0.643. The number of alkyl carbamates (subject to hydrolysis) is 1. The number of carbonyl (C=O) groups excluding carboxylic acids is 2. The third-order valence-corrected chi connectivity index (χ3v) is 3.12. The molecule has 1 fully saturated rings. The van der Waals surface area contributed by atoms with Gasteiger partial charge in [-0.2, -0.15) is 0 Å². The maximum atomic E-state index is 11.6. The van der Waals surface area contributed by atoms with Crippen molar-refractivity contribution in [1.29, 1.82) is 0 Å². The molecule has 0 heterocycles. The van der Waals surface area contributed by atoms with E-state index in [0.29, 0.717) is 5.56 Å². The average molecular weight is 247 g/mol. The Morgan fingerprint density at radius 2 is 1.72 bits per heavy atom. The minimum absolute atomic E-state index is 0.148. The van der Waals surface area contributed by atoms with Gasteiger partial charge >= 0.3 is 12.1 Å². The molecular formula is C14H17NO3. The number of amides is 1. The molecule has 4 heteroatoms. The average Bonchev–Trinajstić information content (AvgIpc) is 2.40. The number of esters is 1. The van der Waals surface area contributed by atoms with Crippen LogP contribution < -0.4 is 5.32 Å². The standard InChI is InChI=1S/C14H17NO3/c16-13(11-7-3-1-4-8-11)18-14(17)15-12-9-5-2-6-10-12/h1,3-4,7-8,12H,2,5-6,9-10H2,(H,15,17). The van der Waals surface area contributed by atoms with E-state index in [9.17, 15) is 9.59 Å². The second kappa shape index (κ2) is 6.19. The third-order valence-electron chi connectivity index (χ3n) is 3.12. The van der Waals surface area contributed by atoms with E-state index in [4.69, 9.17) is 4.74 Å². The number of hydrogen-bond acceptors (Lipinski definition) is 3. The zero-order chi connectivity index (χ0) is 12.8. The van der Waals surface area contributed by atoms with E-state index < -0.39 is 12.1 Å². The Balaban J connectivity index is 1.82. The van der Waals surface area contributed by atoms with Crippen LogP contribution in [0.1, 0.15) is 42.5 Å². The Bertz CT molecular complexity index is 410. The van der Waals surface area contributed by atoms with Crippen molar-refractivity contribution in [2.75, 3.05) is 0 Å². The third kappa shape index (κ3) is 3.58. The van der Waals surface area contributed by atoms with E-state index in [0.717, 1.165) is 25.7 Å². The molecule has 96 valence electrons. The lowest BCUT2D eigenvalue weighted by atomic mass is 9.96. The summed E-state index contributed by atoms with van der Waals surface area (Å²) in [7, 11) is 0. The second-order valence-electron chi connectivity index (χ2n) is 4.52. The molecule has 1 aliphatic rings. The van der Waals surface area contributed by atoms with Crippen LogP contribution in [0.2, 0.25) is 0 Å². The van der Waals surface area contributed by atoms with Crippen LogP contribution >= 0.6 is 0 Å². The molecule has 1 aliphatic carbocycles. The van der Waals surface area contributed by atoms with Crippen molar-refractivity contribution in [3.05, 3.63) is 35.9 Å². The Hall–Kier alpha value is -1.84. The maximum Gasteiger partial charge on any atom is 0.415 e. The first-order valence-corrected chi connectivity index (χ1v) is 6.33. The van der Waals surface area contributed by atoms with Crippen molar-refractivity contribution in [2.45, 2.75) is 38.1 Å². The van der Waals surface area contributed by atoms with Crippen molar-refractivity contribution in [3.8, 4) is 0 Å². The van der Waals surface area contributed by atoms with Crippen LogP contribution in [0.5, 0.6) is 0 Å². The number of carbonyl (C=O) groups is 2. The number of ether oxygens (including phenoxy) is 1. The van der Waals surface area contributed by atoms with E-state index in [1.807, 2.05) is 0 Å². The summed E-state index contributed by atoms with van der Waals surface area (Å²) in [5, 5.41) is 2.74. The lowest BCUT2D eigenvalue weighted by Crippen LogP contribution is -2.37. The van der Waals surface area contributed by atoms with Gasteiger partial charge in [-0.3, -0.25) is 0 Å². The molecule has 0 radical (unpaired) electrons. The molecule has 0 unspecified atom stereocenters. The molecule has 0 bridgehead atoms. The summed E-state index contributed by atoms with van der Waals surface area (Å²) in [6.45, 7) is 0. The summed E-state index contributed by atoms with van der Waals surface area (Å²) in [6, 6.07) is 8.66. The highest BCUT2D eigenvalue weighted by atomic mass is 16.6. The highest BCUT2D eigenvalue weighted by Crippen LogP contribution is 2.17. The molecule has 0 spiro atoms. The summed E-state index contributed by atoms with van der Waals surface area (Å²) in [4.78, 5) is 23.2. The molecule has 2 rings (SSSR count). The normalized spacial score (nSPS) is 16.0. The summed E-state index contributed by atoms with van der Waals surface area (Å²) in [5.41, 5.74) is 0.385. The van der Waals surface area contributed by atoms with Gasteiger partial charge in [0.05, 0.1) is 5.56 Å². The van der Waals surface area contributed by atoms with Crippen molar-refractivity contribution < 1.29 is 14.3 Å². The van der Waals surface area contributed by atoms with Crippen molar-refractivity contribution in [1.82, 2.24) is 5.32 Å².